The van der Waals surface area contributed by atoms with Crippen LogP contribution in [0.3, 0.4) is 0 Å². The molecule has 1 heterocycles. The topological polar surface area (TPSA) is 42.7 Å². The van der Waals surface area contributed by atoms with Crippen LogP contribution in [0.2, 0.25) is 0 Å². The minimum absolute atomic E-state index is 0.102. The van der Waals surface area contributed by atoms with Crippen molar-refractivity contribution in [2.75, 3.05) is 6.54 Å². The molecule has 0 aliphatic rings. The fourth-order valence-corrected chi connectivity index (χ4v) is 2.72. The van der Waals surface area contributed by atoms with Crippen molar-refractivity contribution in [2.45, 2.75) is 26.3 Å². The van der Waals surface area contributed by atoms with Crippen LogP contribution < -0.4 is 5.32 Å². The van der Waals surface area contributed by atoms with E-state index in [1.807, 2.05) is 11.7 Å². The standard InChI is InChI=1S/C14H19BrN4/c1-4-10-6-8-11(9-7-10)12(16-5-2)13-14(15)17-18-19(13)3/h6-9,12,16H,4-5H2,1-3H3. The molecule has 0 aliphatic heterocycles. The highest BCUT2D eigenvalue weighted by atomic mass is 79.9. The molecule has 4 nitrogen and oxygen atoms in total. The van der Waals surface area contributed by atoms with Gasteiger partial charge in [0, 0.05) is 7.05 Å². The van der Waals surface area contributed by atoms with Crippen molar-refractivity contribution in [3.05, 3.63) is 45.7 Å². The molecule has 0 saturated heterocycles. The minimum atomic E-state index is 0.102. The summed E-state index contributed by atoms with van der Waals surface area (Å²) in [6.07, 6.45) is 1.06. The second-order valence-electron chi connectivity index (χ2n) is 4.47. The van der Waals surface area contributed by atoms with E-state index in [1.165, 1.54) is 11.1 Å². The zero-order chi connectivity index (χ0) is 13.8. The third kappa shape index (κ3) is 3.04. The molecule has 1 aromatic heterocycles. The van der Waals surface area contributed by atoms with Gasteiger partial charge in [0.1, 0.15) is 0 Å². The van der Waals surface area contributed by atoms with Gasteiger partial charge in [0.15, 0.2) is 4.60 Å². The quantitative estimate of drug-likeness (QED) is 0.920. The minimum Gasteiger partial charge on any atom is -0.305 e. The number of hydrogen-bond acceptors (Lipinski definition) is 3. The Morgan fingerprint density at radius 3 is 2.42 bits per heavy atom. The van der Waals surface area contributed by atoms with Crippen LogP contribution in [0, 0.1) is 0 Å². The first-order chi connectivity index (χ1) is 9.17. The molecule has 1 atom stereocenters. The van der Waals surface area contributed by atoms with Crippen molar-refractivity contribution in [3.8, 4) is 0 Å². The van der Waals surface area contributed by atoms with Crippen molar-refractivity contribution in [1.82, 2.24) is 20.3 Å². The van der Waals surface area contributed by atoms with E-state index in [0.717, 1.165) is 23.3 Å². The summed E-state index contributed by atoms with van der Waals surface area (Å²) in [5, 5.41) is 11.6. The van der Waals surface area contributed by atoms with Gasteiger partial charge < -0.3 is 5.32 Å². The zero-order valence-corrected chi connectivity index (χ0v) is 13.1. The molecule has 0 saturated carbocycles. The van der Waals surface area contributed by atoms with Crippen molar-refractivity contribution in [1.29, 1.82) is 0 Å². The predicted molar refractivity (Wildman–Crippen MR) is 80.0 cm³/mol. The van der Waals surface area contributed by atoms with Gasteiger partial charge in [-0.05, 0) is 40.0 Å². The van der Waals surface area contributed by atoms with Gasteiger partial charge in [-0.3, -0.25) is 0 Å². The number of halogens is 1. The number of nitrogens with zero attached hydrogens (tertiary/aromatic N) is 3. The molecule has 0 radical (unpaired) electrons. The van der Waals surface area contributed by atoms with Crippen LogP contribution in [0.15, 0.2) is 28.9 Å². The fraction of sp³-hybridized carbons (Fsp3) is 0.429. The van der Waals surface area contributed by atoms with Crippen LogP contribution in [-0.2, 0) is 13.5 Å². The molecule has 5 heteroatoms. The molecule has 1 aromatic carbocycles. The molecule has 0 aliphatic carbocycles. The van der Waals surface area contributed by atoms with E-state index in [9.17, 15) is 0 Å². The van der Waals surface area contributed by atoms with Crippen LogP contribution in [0.25, 0.3) is 0 Å². The Bertz CT molecular complexity index is 513. The molecule has 19 heavy (non-hydrogen) atoms. The number of benzene rings is 1. The Morgan fingerprint density at radius 2 is 1.95 bits per heavy atom. The largest absolute Gasteiger partial charge is 0.305 e. The highest BCUT2D eigenvalue weighted by Crippen LogP contribution is 2.26. The van der Waals surface area contributed by atoms with Gasteiger partial charge in [0.05, 0.1) is 11.7 Å². The summed E-state index contributed by atoms with van der Waals surface area (Å²) >= 11 is 3.48. The van der Waals surface area contributed by atoms with Gasteiger partial charge in [0.25, 0.3) is 0 Å². The average molecular weight is 323 g/mol. The van der Waals surface area contributed by atoms with E-state index in [0.29, 0.717) is 0 Å². The summed E-state index contributed by atoms with van der Waals surface area (Å²) in [7, 11) is 1.91. The van der Waals surface area contributed by atoms with Gasteiger partial charge in [0.2, 0.25) is 0 Å². The average Bonchev–Trinajstić information content (AvgIpc) is 2.76. The molecule has 2 rings (SSSR count). The monoisotopic (exact) mass is 322 g/mol. The third-order valence-corrected chi connectivity index (χ3v) is 3.79. The second kappa shape index (κ2) is 6.30. The van der Waals surface area contributed by atoms with Gasteiger partial charge in [-0.15, -0.1) is 5.10 Å². The SMILES string of the molecule is CCNC(c1ccc(CC)cc1)c1c(Br)nnn1C. The van der Waals surface area contributed by atoms with Gasteiger partial charge in [-0.2, -0.15) is 0 Å². The van der Waals surface area contributed by atoms with Crippen LogP contribution >= 0.6 is 15.9 Å². The van der Waals surface area contributed by atoms with Crippen molar-refractivity contribution in [2.24, 2.45) is 7.05 Å². The summed E-state index contributed by atoms with van der Waals surface area (Å²) in [5.41, 5.74) is 3.62. The first-order valence-electron chi connectivity index (χ1n) is 6.54. The van der Waals surface area contributed by atoms with Crippen molar-refractivity contribution < 1.29 is 0 Å². The molecule has 0 spiro atoms. The summed E-state index contributed by atoms with van der Waals surface area (Å²) in [6.45, 7) is 5.15. The van der Waals surface area contributed by atoms with E-state index in [2.05, 4.69) is 69.7 Å². The summed E-state index contributed by atoms with van der Waals surface area (Å²) in [6, 6.07) is 8.80. The lowest BCUT2D eigenvalue weighted by Crippen LogP contribution is -2.24. The number of rotatable bonds is 5. The maximum Gasteiger partial charge on any atom is 0.153 e. The Labute approximate surface area is 122 Å². The number of nitrogens with one attached hydrogen (secondary N) is 1. The second-order valence-corrected chi connectivity index (χ2v) is 5.23. The maximum atomic E-state index is 4.07. The van der Waals surface area contributed by atoms with Crippen LogP contribution in [0.5, 0.6) is 0 Å². The molecular weight excluding hydrogens is 304 g/mol. The molecule has 0 fully saturated rings. The molecule has 102 valence electrons. The van der Waals surface area contributed by atoms with E-state index in [4.69, 9.17) is 0 Å². The smallest absolute Gasteiger partial charge is 0.153 e. The zero-order valence-electron chi connectivity index (χ0n) is 11.5. The van der Waals surface area contributed by atoms with E-state index in [-0.39, 0.29) is 6.04 Å². The number of aryl methyl sites for hydroxylation is 2. The van der Waals surface area contributed by atoms with Gasteiger partial charge in [-0.25, -0.2) is 4.68 Å². The first kappa shape index (κ1) is 14.2. The Morgan fingerprint density at radius 1 is 1.26 bits per heavy atom. The Balaban J connectivity index is 2.39. The van der Waals surface area contributed by atoms with Gasteiger partial charge >= 0.3 is 0 Å². The van der Waals surface area contributed by atoms with E-state index >= 15 is 0 Å². The van der Waals surface area contributed by atoms with Crippen LogP contribution in [0.1, 0.15) is 36.7 Å². The number of hydrogen-bond donors (Lipinski definition) is 1. The molecule has 1 N–H and O–H groups in total. The fourth-order valence-electron chi connectivity index (χ4n) is 2.17. The summed E-state index contributed by atoms with van der Waals surface area (Å²) in [4.78, 5) is 0. The van der Waals surface area contributed by atoms with Gasteiger partial charge in [-0.1, -0.05) is 43.3 Å². The number of aromatic nitrogens is 3. The molecule has 0 bridgehead atoms. The molecule has 1 unspecified atom stereocenters. The lowest BCUT2D eigenvalue weighted by molar-refractivity contribution is 0.567. The Hall–Kier alpha value is -1.20. The highest BCUT2D eigenvalue weighted by molar-refractivity contribution is 9.10. The molecular formula is C14H19BrN4. The summed E-state index contributed by atoms with van der Waals surface area (Å²) < 4.78 is 2.60. The molecule has 2 aromatic rings. The van der Waals surface area contributed by atoms with Crippen molar-refractivity contribution >= 4 is 15.9 Å². The van der Waals surface area contributed by atoms with E-state index in [1.54, 1.807) is 0 Å². The van der Waals surface area contributed by atoms with Crippen LogP contribution in [-0.4, -0.2) is 21.5 Å². The van der Waals surface area contributed by atoms with Crippen LogP contribution in [0.4, 0.5) is 0 Å². The van der Waals surface area contributed by atoms with Crippen molar-refractivity contribution in [3.63, 3.8) is 0 Å². The van der Waals surface area contributed by atoms with E-state index < -0.39 is 0 Å². The third-order valence-electron chi connectivity index (χ3n) is 3.23. The highest BCUT2D eigenvalue weighted by Gasteiger charge is 2.20. The predicted octanol–water partition coefficient (Wildman–Crippen LogP) is 2.84. The summed E-state index contributed by atoms with van der Waals surface area (Å²) in [5.74, 6) is 0. The lowest BCUT2D eigenvalue weighted by atomic mass is 10.0. The lowest BCUT2D eigenvalue weighted by Gasteiger charge is -2.19. The molecule has 0 amide bonds. The normalized spacial score (nSPS) is 12.6. The first-order valence-corrected chi connectivity index (χ1v) is 7.34. The Kier molecular flexibility index (Phi) is 4.71. The maximum absolute atomic E-state index is 4.07.